The molecule has 2 aromatic rings. The van der Waals surface area contributed by atoms with Crippen LogP contribution in [-0.4, -0.2) is 34.4 Å². The van der Waals surface area contributed by atoms with Gasteiger partial charge < -0.3 is 10.2 Å². The lowest BCUT2D eigenvalue weighted by Gasteiger charge is -2.31. The molecule has 1 atom stereocenters. The Balaban J connectivity index is 1.63. The molecule has 25 heavy (non-hydrogen) atoms. The van der Waals surface area contributed by atoms with Gasteiger partial charge in [0.2, 0.25) is 11.0 Å². The molecule has 0 saturated carbocycles. The largest absolute Gasteiger partial charge is 0.354 e. The Bertz CT molecular complexity index is 716. The number of carbonyl (C=O) groups is 1. The molecule has 7 heteroatoms. The standard InChI is InChI=1S/C18H23ClN4OS/c1-12(2)20-17(24)14-4-3-9-23(11-14)18-21-16(22-25-18)10-13-5-7-15(19)8-6-13/h5-8,12,14H,3-4,9-11H2,1-2H3,(H,20,24). The summed E-state index contributed by atoms with van der Waals surface area (Å²) in [6.07, 6.45) is 2.63. The number of nitrogens with one attached hydrogen (secondary N) is 1. The van der Waals surface area contributed by atoms with E-state index in [1.807, 2.05) is 38.1 Å². The predicted octanol–water partition coefficient (Wildman–Crippen LogP) is 3.52. The monoisotopic (exact) mass is 378 g/mol. The zero-order valence-electron chi connectivity index (χ0n) is 14.5. The van der Waals surface area contributed by atoms with Crippen LogP contribution in [0.3, 0.4) is 0 Å². The van der Waals surface area contributed by atoms with Gasteiger partial charge in [0.1, 0.15) is 5.82 Å². The molecule has 1 N–H and O–H groups in total. The van der Waals surface area contributed by atoms with Crippen molar-refractivity contribution < 1.29 is 4.79 Å². The topological polar surface area (TPSA) is 58.1 Å². The zero-order chi connectivity index (χ0) is 17.8. The van der Waals surface area contributed by atoms with Gasteiger partial charge in [-0.2, -0.15) is 4.37 Å². The van der Waals surface area contributed by atoms with E-state index in [9.17, 15) is 4.79 Å². The normalized spacial score (nSPS) is 17.8. The van der Waals surface area contributed by atoms with Crippen molar-refractivity contribution in [3.63, 3.8) is 0 Å². The van der Waals surface area contributed by atoms with Crippen LogP contribution < -0.4 is 10.2 Å². The molecule has 1 unspecified atom stereocenters. The third kappa shape index (κ3) is 4.92. The highest BCUT2D eigenvalue weighted by molar-refractivity contribution is 7.09. The van der Waals surface area contributed by atoms with E-state index >= 15 is 0 Å². The Morgan fingerprint density at radius 2 is 2.16 bits per heavy atom. The molecule has 2 heterocycles. The molecule has 1 aliphatic heterocycles. The first kappa shape index (κ1) is 18.1. The summed E-state index contributed by atoms with van der Waals surface area (Å²) >= 11 is 7.34. The van der Waals surface area contributed by atoms with Crippen LogP contribution in [0.5, 0.6) is 0 Å². The van der Waals surface area contributed by atoms with Gasteiger partial charge in [0.25, 0.3) is 0 Å². The number of amides is 1. The number of nitrogens with zero attached hydrogens (tertiary/aromatic N) is 3. The predicted molar refractivity (Wildman–Crippen MR) is 102 cm³/mol. The average molecular weight is 379 g/mol. The number of benzene rings is 1. The van der Waals surface area contributed by atoms with Crippen molar-refractivity contribution in [3.05, 3.63) is 40.7 Å². The quantitative estimate of drug-likeness (QED) is 0.864. The summed E-state index contributed by atoms with van der Waals surface area (Å²) < 4.78 is 4.48. The first-order valence-corrected chi connectivity index (χ1v) is 9.79. The molecule has 1 aromatic heterocycles. The lowest BCUT2D eigenvalue weighted by Crippen LogP contribution is -2.44. The van der Waals surface area contributed by atoms with Gasteiger partial charge in [0, 0.05) is 42.1 Å². The Labute approximate surface area is 157 Å². The molecule has 5 nitrogen and oxygen atoms in total. The second-order valence-electron chi connectivity index (χ2n) is 6.74. The number of aromatic nitrogens is 2. The highest BCUT2D eigenvalue weighted by atomic mass is 35.5. The minimum absolute atomic E-state index is 0.0276. The van der Waals surface area contributed by atoms with E-state index in [-0.39, 0.29) is 17.9 Å². The molecule has 0 bridgehead atoms. The Kier molecular flexibility index (Phi) is 5.91. The van der Waals surface area contributed by atoms with E-state index in [1.165, 1.54) is 11.5 Å². The maximum Gasteiger partial charge on any atom is 0.225 e. The first-order valence-electron chi connectivity index (χ1n) is 8.63. The summed E-state index contributed by atoms with van der Waals surface area (Å²) in [5.74, 6) is 0.987. The van der Waals surface area contributed by atoms with E-state index in [0.29, 0.717) is 13.0 Å². The van der Waals surface area contributed by atoms with E-state index in [2.05, 4.69) is 19.6 Å². The van der Waals surface area contributed by atoms with Crippen LogP contribution >= 0.6 is 23.1 Å². The van der Waals surface area contributed by atoms with Gasteiger partial charge in [-0.05, 0) is 44.4 Å². The summed E-state index contributed by atoms with van der Waals surface area (Å²) in [7, 11) is 0. The maximum absolute atomic E-state index is 12.3. The van der Waals surface area contributed by atoms with Gasteiger partial charge in [-0.15, -0.1) is 0 Å². The summed E-state index contributed by atoms with van der Waals surface area (Å²) in [6.45, 7) is 5.63. The molecule has 134 valence electrons. The number of piperidine rings is 1. The smallest absolute Gasteiger partial charge is 0.225 e. The van der Waals surface area contributed by atoms with Crippen LogP contribution in [0.25, 0.3) is 0 Å². The molecule has 0 spiro atoms. The van der Waals surface area contributed by atoms with Gasteiger partial charge in [-0.25, -0.2) is 4.98 Å². The number of rotatable bonds is 5. The van der Waals surface area contributed by atoms with E-state index in [1.54, 1.807) is 0 Å². The van der Waals surface area contributed by atoms with Gasteiger partial charge in [0.15, 0.2) is 0 Å². The number of carbonyl (C=O) groups excluding carboxylic acids is 1. The van der Waals surface area contributed by atoms with E-state index in [0.717, 1.165) is 40.9 Å². The molecule has 0 aliphatic carbocycles. The second kappa shape index (κ2) is 8.15. The highest BCUT2D eigenvalue weighted by Gasteiger charge is 2.27. The van der Waals surface area contributed by atoms with Gasteiger partial charge in [-0.3, -0.25) is 4.79 Å². The van der Waals surface area contributed by atoms with Crippen molar-refractivity contribution in [1.82, 2.24) is 14.7 Å². The van der Waals surface area contributed by atoms with Crippen molar-refractivity contribution in [3.8, 4) is 0 Å². The zero-order valence-corrected chi connectivity index (χ0v) is 16.1. The molecular formula is C18H23ClN4OS. The minimum atomic E-state index is 0.0276. The number of hydrogen-bond acceptors (Lipinski definition) is 5. The molecule has 1 amide bonds. The van der Waals surface area contributed by atoms with Crippen molar-refractivity contribution in [2.24, 2.45) is 5.92 Å². The first-order chi connectivity index (χ1) is 12.0. The second-order valence-corrected chi connectivity index (χ2v) is 7.91. The summed E-state index contributed by atoms with van der Waals surface area (Å²) in [5.41, 5.74) is 1.14. The Morgan fingerprint density at radius 1 is 1.40 bits per heavy atom. The van der Waals surface area contributed by atoms with Crippen LogP contribution in [0.4, 0.5) is 5.13 Å². The van der Waals surface area contributed by atoms with Crippen LogP contribution in [-0.2, 0) is 11.2 Å². The van der Waals surface area contributed by atoms with Crippen LogP contribution in [0.2, 0.25) is 5.02 Å². The van der Waals surface area contributed by atoms with Crippen molar-refractivity contribution >= 4 is 34.2 Å². The molecule has 0 radical (unpaired) electrons. The minimum Gasteiger partial charge on any atom is -0.354 e. The fourth-order valence-corrected chi connectivity index (χ4v) is 3.84. The average Bonchev–Trinajstić information content (AvgIpc) is 3.05. The fraction of sp³-hybridized carbons (Fsp3) is 0.500. The number of anilines is 1. The van der Waals surface area contributed by atoms with Crippen LogP contribution in [0, 0.1) is 5.92 Å². The lowest BCUT2D eigenvalue weighted by molar-refractivity contribution is -0.125. The molecular weight excluding hydrogens is 356 g/mol. The number of hydrogen-bond donors (Lipinski definition) is 1. The molecule has 3 rings (SSSR count). The number of halogens is 1. The van der Waals surface area contributed by atoms with E-state index in [4.69, 9.17) is 11.6 Å². The van der Waals surface area contributed by atoms with Crippen molar-refractivity contribution in [2.45, 2.75) is 39.2 Å². The Morgan fingerprint density at radius 3 is 2.88 bits per heavy atom. The summed E-state index contributed by atoms with van der Waals surface area (Å²) in [5, 5.41) is 4.66. The van der Waals surface area contributed by atoms with Crippen LogP contribution in [0.15, 0.2) is 24.3 Å². The SMILES string of the molecule is CC(C)NC(=O)C1CCCN(c2nc(Cc3ccc(Cl)cc3)ns2)C1. The third-order valence-corrected chi connectivity index (χ3v) is 5.29. The van der Waals surface area contributed by atoms with Gasteiger partial charge >= 0.3 is 0 Å². The van der Waals surface area contributed by atoms with Gasteiger partial charge in [0.05, 0.1) is 5.92 Å². The lowest BCUT2D eigenvalue weighted by atomic mass is 9.97. The fourth-order valence-electron chi connectivity index (χ4n) is 3.00. The highest BCUT2D eigenvalue weighted by Crippen LogP contribution is 2.25. The Hall–Kier alpha value is -1.66. The molecule has 1 aromatic carbocycles. The maximum atomic E-state index is 12.3. The van der Waals surface area contributed by atoms with Crippen molar-refractivity contribution in [1.29, 1.82) is 0 Å². The molecule has 1 saturated heterocycles. The summed E-state index contributed by atoms with van der Waals surface area (Å²) in [6, 6.07) is 7.93. The molecule has 1 fully saturated rings. The van der Waals surface area contributed by atoms with Crippen molar-refractivity contribution in [2.75, 3.05) is 18.0 Å². The van der Waals surface area contributed by atoms with Gasteiger partial charge in [-0.1, -0.05) is 23.7 Å². The van der Waals surface area contributed by atoms with E-state index < -0.39 is 0 Å². The molecule has 1 aliphatic rings. The third-order valence-electron chi connectivity index (χ3n) is 4.23. The van der Waals surface area contributed by atoms with Crippen LogP contribution in [0.1, 0.15) is 38.1 Å². The summed E-state index contributed by atoms with van der Waals surface area (Å²) in [4.78, 5) is 19.1.